The highest BCUT2D eigenvalue weighted by atomic mass is 32.1. The fourth-order valence-electron chi connectivity index (χ4n) is 2.09. The summed E-state index contributed by atoms with van der Waals surface area (Å²) in [4.78, 5) is 29.4. The lowest BCUT2D eigenvalue weighted by atomic mass is 10.2. The van der Waals surface area contributed by atoms with Crippen LogP contribution >= 0.6 is 22.7 Å². The van der Waals surface area contributed by atoms with Crippen LogP contribution in [0.25, 0.3) is 9.88 Å². The van der Waals surface area contributed by atoms with E-state index in [9.17, 15) is 14.0 Å². The average Bonchev–Trinajstić information content (AvgIpc) is 3.32. The maximum atomic E-state index is 12.9. The Morgan fingerprint density at radius 3 is 2.69 bits per heavy atom. The number of thiophene rings is 1. The van der Waals surface area contributed by atoms with Gasteiger partial charge < -0.3 is 10.1 Å². The molecule has 1 aromatic carbocycles. The summed E-state index contributed by atoms with van der Waals surface area (Å²) in [7, 11) is 0. The van der Waals surface area contributed by atoms with Crippen molar-refractivity contribution in [3.05, 3.63) is 64.2 Å². The molecule has 1 amide bonds. The molecule has 0 aliphatic carbocycles. The number of benzene rings is 1. The number of nitrogens with one attached hydrogen (secondary N) is 1. The molecule has 0 unspecified atom stereocenters. The van der Waals surface area contributed by atoms with Crippen molar-refractivity contribution in [1.29, 1.82) is 0 Å². The molecular weight excluding hydrogens is 375 g/mol. The highest BCUT2D eigenvalue weighted by Gasteiger charge is 2.21. The SMILES string of the molecule is C[C@H](OC(=O)c1csc(-c2cccs2)n1)C(=O)NCc1ccc(F)cc1. The van der Waals surface area contributed by atoms with Gasteiger partial charge in [-0.3, -0.25) is 4.79 Å². The minimum atomic E-state index is -0.963. The summed E-state index contributed by atoms with van der Waals surface area (Å²) < 4.78 is 18.0. The minimum absolute atomic E-state index is 0.177. The molecule has 0 bridgehead atoms. The fourth-order valence-corrected chi connectivity index (χ4v) is 3.69. The molecule has 0 aliphatic rings. The van der Waals surface area contributed by atoms with Gasteiger partial charge in [0.2, 0.25) is 0 Å². The Labute approximate surface area is 157 Å². The Morgan fingerprint density at radius 1 is 1.23 bits per heavy atom. The van der Waals surface area contributed by atoms with Crippen molar-refractivity contribution < 1.29 is 18.7 Å². The predicted molar refractivity (Wildman–Crippen MR) is 98.6 cm³/mol. The van der Waals surface area contributed by atoms with Crippen LogP contribution in [0, 0.1) is 5.82 Å². The molecule has 0 saturated heterocycles. The zero-order valence-electron chi connectivity index (χ0n) is 13.8. The highest BCUT2D eigenvalue weighted by Crippen LogP contribution is 2.28. The van der Waals surface area contributed by atoms with Crippen molar-refractivity contribution in [3.63, 3.8) is 0 Å². The van der Waals surface area contributed by atoms with Crippen molar-refractivity contribution in [3.8, 4) is 9.88 Å². The molecule has 5 nitrogen and oxygen atoms in total. The highest BCUT2D eigenvalue weighted by molar-refractivity contribution is 7.20. The van der Waals surface area contributed by atoms with Crippen LogP contribution < -0.4 is 5.32 Å². The third-order valence-electron chi connectivity index (χ3n) is 3.48. The Bertz CT molecular complexity index is 892. The fraction of sp³-hybridized carbons (Fsp3) is 0.167. The van der Waals surface area contributed by atoms with Crippen molar-refractivity contribution in [1.82, 2.24) is 10.3 Å². The van der Waals surface area contributed by atoms with Gasteiger partial charge >= 0.3 is 5.97 Å². The molecule has 0 fully saturated rings. The molecule has 1 atom stereocenters. The summed E-state index contributed by atoms with van der Waals surface area (Å²) in [5.41, 5.74) is 0.926. The van der Waals surface area contributed by atoms with E-state index in [2.05, 4.69) is 10.3 Å². The Kier molecular flexibility index (Phi) is 5.75. The number of hydrogen-bond acceptors (Lipinski definition) is 6. The van der Waals surface area contributed by atoms with E-state index < -0.39 is 18.0 Å². The van der Waals surface area contributed by atoms with E-state index in [0.717, 1.165) is 15.4 Å². The Morgan fingerprint density at radius 2 is 2.00 bits per heavy atom. The number of hydrogen-bond donors (Lipinski definition) is 1. The zero-order chi connectivity index (χ0) is 18.5. The first-order valence-corrected chi connectivity index (χ1v) is 9.51. The van der Waals surface area contributed by atoms with Crippen molar-refractivity contribution in [2.75, 3.05) is 0 Å². The summed E-state index contributed by atoms with van der Waals surface area (Å²) >= 11 is 2.88. The van der Waals surface area contributed by atoms with Crippen molar-refractivity contribution >= 4 is 34.6 Å². The van der Waals surface area contributed by atoms with E-state index in [1.165, 1.54) is 41.7 Å². The predicted octanol–water partition coefficient (Wildman–Crippen LogP) is 3.87. The lowest BCUT2D eigenvalue weighted by Crippen LogP contribution is -2.35. The molecule has 8 heteroatoms. The molecule has 0 spiro atoms. The Hall–Kier alpha value is -2.58. The normalized spacial score (nSPS) is 11.8. The number of carbonyl (C=O) groups excluding carboxylic acids is 2. The zero-order valence-corrected chi connectivity index (χ0v) is 15.4. The van der Waals surface area contributed by atoms with Gasteiger partial charge in [-0.1, -0.05) is 18.2 Å². The van der Waals surface area contributed by atoms with Crippen LogP contribution in [-0.2, 0) is 16.1 Å². The van der Waals surface area contributed by atoms with Gasteiger partial charge in [0.25, 0.3) is 5.91 Å². The summed E-state index contributed by atoms with van der Waals surface area (Å²) in [5.74, 6) is -1.42. The van der Waals surface area contributed by atoms with E-state index in [4.69, 9.17) is 4.74 Å². The summed E-state index contributed by atoms with van der Waals surface area (Å²) in [6, 6.07) is 9.62. The molecule has 1 N–H and O–H groups in total. The van der Waals surface area contributed by atoms with Gasteiger partial charge in [0.1, 0.15) is 10.8 Å². The second-order valence-electron chi connectivity index (χ2n) is 5.41. The number of thiazole rings is 1. The standard InChI is InChI=1S/C18H15FN2O3S2/c1-11(16(22)20-9-12-4-6-13(19)7-5-12)24-18(23)14-10-26-17(21-14)15-3-2-8-25-15/h2-8,10-11H,9H2,1H3,(H,20,22)/t11-/m0/s1. The first kappa shape index (κ1) is 18.2. The van der Waals surface area contributed by atoms with Crippen LogP contribution in [0.2, 0.25) is 0 Å². The van der Waals surface area contributed by atoms with Gasteiger partial charge in [0, 0.05) is 11.9 Å². The van der Waals surface area contributed by atoms with E-state index >= 15 is 0 Å². The van der Waals surface area contributed by atoms with Crippen LogP contribution in [0.1, 0.15) is 23.0 Å². The number of aromatic nitrogens is 1. The van der Waals surface area contributed by atoms with Gasteiger partial charge in [-0.25, -0.2) is 14.2 Å². The number of halogens is 1. The number of carbonyl (C=O) groups is 2. The number of nitrogens with zero attached hydrogens (tertiary/aromatic N) is 1. The summed E-state index contributed by atoms with van der Waals surface area (Å²) in [6.07, 6.45) is -0.963. The van der Waals surface area contributed by atoms with Crippen LogP contribution in [0.15, 0.2) is 47.2 Å². The lowest BCUT2D eigenvalue weighted by Gasteiger charge is -2.12. The molecule has 2 heterocycles. The molecule has 0 saturated carbocycles. The lowest BCUT2D eigenvalue weighted by molar-refractivity contribution is -0.129. The van der Waals surface area contributed by atoms with E-state index in [-0.39, 0.29) is 18.1 Å². The number of esters is 1. The van der Waals surface area contributed by atoms with Crippen LogP contribution in [0.4, 0.5) is 4.39 Å². The van der Waals surface area contributed by atoms with Gasteiger partial charge in [0.15, 0.2) is 11.8 Å². The third kappa shape index (κ3) is 4.53. The van der Waals surface area contributed by atoms with Crippen molar-refractivity contribution in [2.45, 2.75) is 19.6 Å². The monoisotopic (exact) mass is 390 g/mol. The quantitative estimate of drug-likeness (QED) is 0.649. The molecule has 0 radical (unpaired) electrons. The first-order chi connectivity index (χ1) is 12.5. The van der Waals surface area contributed by atoms with E-state index in [1.54, 1.807) is 17.5 Å². The second kappa shape index (κ2) is 8.20. The van der Waals surface area contributed by atoms with Crippen molar-refractivity contribution in [2.24, 2.45) is 0 Å². The van der Waals surface area contributed by atoms with Gasteiger partial charge in [-0.05, 0) is 36.1 Å². The third-order valence-corrected chi connectivity index (χ3v) is 5.36. The smallest absolute Gasteiger partial charge is 0.358 e. The van der Waals surface area contributed by atoms with E-state index in [0.29, 0.717) is 0 Å². The number of amides is 1. The molecule has 26 heavy (non-hydrogen) atoms. The minimum Gasteiger partial charge on any atom is -0.448 e. The number of ether oxygens (including phenoxy) is 1. The van der Waals surface area contributed by atoms with Crippen LogP contribution in [0.3, 0.4) is 0 Å². The molecule has 2 aromatic heterocycles. The van der Waals surface area contributed by atoms with Gasteiger partial charge in [0.05, 0.1) is 4.88 Å². The molecule has 0 aliphatic heterocycles. The first-order valence-electron chi connectivity index (χ1n) is 7.75. The summed E-state index contributed by atoms with van der Waals surface area (Å²) in [6.45, 7) is 1.71. The Balaban J connectivity index is 1.53. The van der Waals surface area contributed by atoms with E-state index in [1.807, 2.05) is 17.5 Å². The van der Waals surface area contributed by atoms with Crippen LogP contribution in [-0.4, -0.2) is 23.0 Å². The second-order valence-corrected chi connectivity index (χ2v) is 7.21. The number of rotatable bonds is 6. The molecule has 3 aromatic rings. The van der Waals surface area contributed by atoms with Gasteiger partial charge in [-0.15, -0.1) is 22.7 Å². The summed E-state index contributed by atoms with van der Waals surface area (Å²) in [5, 5.41) is 6.93. The topological polar surface area (TPSA) is 68.3 Å². The maximum absolute atomic E-state index is 12.9. The van der Waals surface area contributed by atoms with Crippen LogP contribution in [0.5, 0.6) is 0 Å². The largest absolute Gasteiger partial charge is 0.448 e. The molecule has 134 valence electrons. The average molecular weight is 390 g/mol. The van der Waals surface area contributed by atoms with Gasteiger partial charge in [-0.2, -0.15) is 0 Å². The maximum Gasteiger partial charge on any atom is 0.358 e. The molecular formula is C18H15FN2O3S2. The molecule has 3 rings (SSSR count).